The Balaban J connectivity index is 2.83. The van der Waals surface area contributed by atoms with E-state index < -0.39 is 17.2 Å². The van der Waals surface area contributed by atoms with E-state index in [0.717, 1.165) is 0 Å². The molecule has 0 aliphatic carbocycles. The lowest BCUT2D eigenvalue weighted by Crippen LogP contribution is -2.19. The molecule has 0 radical (unpaired) electrons. The number of aromatic nitrogens is 2. The molecular weight excluding hydrogens is 220 g/mol. The summed E-state index contributed by atoms with van der Waals surface area (Å²) in [5, 5.41) is 9.11. The van der Waals surface area contributed by atoms with Gasteiger partial charge in [0.15, 0.2) is 0 Å². The lowest BCUT2D eigenvalue weighted by atomic mass is 10.3. The minimum Gasteiger partial charge on any atom is -0.476 e. The number of halogens is 1. The number of carboxylic acids is 1. The average molecular weight is 225 g/mol. The van der Waals surface area contributed by atoms with E-state index in [1.165, 1.54) is 6.07 Å². The topological polar surface area (TPSA) is 83.0 Å². The van der Waals surface area contributed by atoms with Crippen LogP contribution in [0.3, 0.4) is 0 Å². The summed E-state index contributed by atoms with van der Waals surface area (Å²) >= 11 is 5.71. The van der Waals surface area contributed by atoms with Gasteiger partial charge in [-0.25, -0.2) is 9.78 Å². The summed E-state index contributed by atoms with van der Waals surface area (Å²) < 4.78 is 0. The number of carboxylic acid groups (broad SMARTS) is 1. The molecule has 2 rings (SSSR count). The molecule has 0 bridgehead atoms. The summed E-state index contributed by atoms with van der Waals surface area (Å²) in [5.74, 6) is -1.36. The number of nitrogens with one attached hydrogen (secondary N) is 1. The minimum absolute atomic E-state index is 0.347. The molecule has 1 aromatic carbocycles. The van der Waals surface area contributed by atoms with E-state index in [4.69, 9.17) is 16.7 Å². The summed E-state index contributed by atoms with van der Waals surface area (Å²) in [4.78, 5) is 28.0. The Morgan fingerprint density at radius 1 is 1.47 bits per heavy atom. The number of fused-ring (bicyclic) bond motifs is 1. The smallest absolute Gasteiger partial charge is 0.360 e. The predicted molar refractivity (Wildman–Crippen MR) is 54.3 cm³/mol. The maximum Gasteiger partial charge on any atom is 0.360 e. The quantitative estimate of drug-likeness (QED) is 0.764. The van der Waals surface area contributed by atoms with Gasteiger partial charge in [0.2, 0.25) is 5.69 Å². The van der Waals surface area contributed by atoms with Gasteiger partial charge in [0, 0.05) is 5.02 Å². The van der Waals surface area contributed by atoms with E-state index in [9.17, 15) is 9.59 Å². The first-order valence-corrected chi connectivity index (χ1v) is 4.38. The van der Waals surface area contributed by atoms with Crippen molar-refractivity contribution < 1.29 is 9.90 Å². The molecule has 0 unspecified atom stereocenters. The Labute approximate surface area is 88.3 Å². The van der Waals surface area contributed by atoms with Crippen molar-refractivity contribution in [3.63, 3.8) is 0 Å². The standard InChI is InChI=1S/C9H5ClN2O3/c10-4-1-2-5-6(3-4)11-7(9(14)15)8(13)12-5/h1-3H,(H,12,13)(H,14,15). The van der Waals surface area contributed by atoms with Crippen LogP contribution in [0.1, 0.15) is 10.5 Å². The zero-order valence-electron chi connectivity index (χ0n) is 7.32. The number of benzene rings is 1. The highest BCUT2D eigenvalue weighted by molar-refractivity contribution is 6.31. The maximum atomic E-state index is 11.2. The van der Waals surface area contributed by atoms with Crippen molar-refractivity contribution in [1.82, 2.24) is 9.97 Å². The Bertz CT molecular complexity index is 606. The second-order valence-corrected chi connectivity index (χ2v) is 3.32. The molecule has 1 aromatic heterocycles. The van der Waals surface area contributed by atoms with E-state index in [-0.39, 0.29) is 0 Å². The molecule has 0 saturated heterocycles. The number of rotatable bonds is 1. The monoisotopic (exact) mass is 224 g/mol. The summed E-state index contributed by atoms with van der Waals surface area (Å²) in [6.45, 7) is 0. The molecule has 5 nitrogen and oxygen atoms in total. The van der Waals surface area contributed by atoms with Crippen LogP contribution in [-0.4, -0.2) is 21.0 Å². The third-order valence-electron chi connectivity index (χ3n) is 1.86. The van der Waals surface area contributed by atoms with Gasteiger partial charge in [-0.1, -0.05) is 11.6 Å². The fraction of sp³-hybridized carbons (Fsp3) is 0. The van der Waals surface area contributed by atoms with Gasteiger partial charge >= 0.3 is 5.97 Å². The van der Waals surface area contributed by atoms with Crippen LogP contribution in [0.4, 0.5) is 0 Å². The van der Waals surface area contributed by atoms with E-state index in [0.29, 0.717) is 16.1 Å². The Hall–Kier alpha value is -1.88. The van der Waals surface area contributed by atoms with E-state index in [1.807, 2.05) is 0 Å². The number of carbonyl (C=O) groups is 1. The molecule has 0 amide bonds. The van der Waals surface area contributed by atoms with Crippen molar-refractivity contribution in [2.45, 2.75) is 0 Å². The Morgan fingerprint density at radius 2 is 2.20 bits per heavy atom. The third kappa shape index (κ3) is 1.69. The number of aromatic carboxylic acids is 1. The first-order valence-electron chi connectivity index (χ1n) is 4.01. The molecule has 6 heteroatoms. The molecule has 0 fully saturated rings. The van der Waals surface area contributed by atoms with Gasteiger partial charge in [-0.15, -0.1) is 0 Å². The number of nitrogens with zero attached hydrogens (tertiary/aromatic N) is 1. The summed E-state index contributed by atoms with van der Waals surface area (Å²) in [6.07, 6.45) is 0. The summed E-state index contributed by atoms with van der Waals surface area (Å²) in [7, 11) is 0. The fourth-order valence-corrected chi connectivity index (χ4v) is 1.37. The van der Waals surface area contributed by atoms with Crippen molar-refractivity contribution >= 4 is 28.6 Å². The van der Waals surface area contributed by atoms with Crippen LogP contribution < -0.4 is 5.56 Å². The van der Waals surface area contributed by atoms with Crippen molar-refractivity contribution in [3.8, 4) is 0 Å². The minimum atomic E-state index is -1.36. The second kappa shape index (κ2) is 3.36. The zero-order chi connectivity index (χ0) is 11.0. The summed E-state index contributed by atoms with van der Waals surface area (Å²) in [5.41, 5.74) is -0.462. The number of aromatic amines is 1. The third-order valence-corrected chi connectivity index (χ3v) is 2.09. The van der Waals surface area contributed by atoms with Crippen LogP contribution in [0.5, 0.6) is 0 Å². The molecule has 0 spiro atoms. The number of hydrogen-bond acceptors (Lipinski definition) is 3. The predicted octanol–water partition coefficient (Wildman–Crippen LogP) is 1.27. The Kier molecular flexibility index (Phi) is 2.17. The van der Waals surface area contributed by atoms with Crippen molar-refractivity contribution in [3.05, 3.63) is 39.3 Å². The molecule has 0 atom stereocenters. The number of H-pyrrole nitrogens is 1. The normalized spacial score (nSPS) is 10.5. The van der Waals surface area contributed by atoms with Crippen LogP contribution in [0.25, 0.3) is 11.0 Å². The molecule has 0 saturated carbocycles. The molecule has 0 aliphatic rings. The first-order chi connectivity index (χ1) is 7.08. The highest BCUT2D eigenvalue weighted by atomic mass is 35.5. The zero-order valence-corrected chi connectivity index (χ0v) is 8.08. The lowest BCUT2D eigenvalue weighted by Gasteiger charge is -1.98. The van der Waals surface area contributed by atoms with E-state index >= 15 is 0 Å². The first kappa shape index (κ1) is 9.67. The Morgan fingerprint density at radius 3 is 2.87 bits per heavy atom. The van der Waals surface area contributed by atoms with Crippen LogP contribution in [0.2, 0.25) is 5.02 Å². The summed E-state index contributed by atoms with van der Waals surface area (Å²) in [6, 6.07) is 4.64. The molecule has 1 heterocycles. The van der Waals surface area contributed by atoms with Crippen LogP contribution in [-0.2, 0) is 0 Å². The maximum absolute atomic E-state index is 11.2. The fourth-order valence-electron chi connectivity index (χ4n) is 1.20. The van der Waals surface area contributed by atoms with E-state index in [1.54, 1.807) is 12.1 Å². The van der Waals surface area contributed by atoms with Gasteiger partial charge in [0.1, 0.15) is 0 Å². The van der Waals surface area contributed by atoms with Gasteiger partial charge in [0.25, 0.3) is 5.56 Å². The van der Waals surface area contributed by atoms with Gasteiger partial charge < -0.3 is 10.1 Å². The van der Waals surface area contributed by atoms with E-state index in [2.05, 4.69) is 9.97 Å². The lowest BCUT2D eigenvalue weighted by molar-refractivity contribution is 0.0689. The molecule has 0 aliphatic heterocycles. The SMILES string of the molecule is O=C(O)c1nc2cc(Cl)ccc2[nH]c1=O. The van der Waals surface area contributed by atoms with Gasteiger partial charge in [-0.2, -0.15) is 0 Å². The van der Waals surface area contributed by atoms with Gasteiger partial charge in [-0.3, -0.25) is 4.79 Å². The largest absolute Gasteiger partial charge is 0.476 e. The highest BCUT2D eigenvalue weighted by Crippen LogP contribution is 2.14. The van der Waals surface area contributed by atoms with Gasteiger partial charge in [-0.05, 0) is 18.2 Å². The second-order valence-electron chi connectivity index (χ2n) is 2.88. The molecule has 15 heavy (non-hydrogen) atoms. The van der Waals surface area contributed by atoms with Crippen molar-refractivity contribution in [2.24, 2.45) is 0 Å². The van der Waals surface area contributed by atoms with Gasteiger partial charge in [0.05, 0.1) is 11.0 Å². The number of hydrogen-bond donors (Lipinski definition) is 2. The molecule has 76 valence electrons. The van der Waals surface area contributed by atoms with Crippen LogP contribution >= 0.6 is 11.6 Å². The average Bonchev–Trinajstić information content (AvgIpc) is 2.17. The van der Waals surface area contributed by atoms with Crippen molar-refractivity contribution in [1.29, 1.82) is 0 Å². The van der Waals surface area contributed by atoms with Crippen molar-refractivity contribution in [2.75, 3.05) is 0 Å². The van der Waals surface area contributed by atoms with Crippen LogP contribution in [0.15, 0.2) is 23.0 Å². The van der Waals surface area contributed by atoms with Crippen LogP contribution in [0, 0.1) is 0 Å². The highest BCUT2D eigenvalue weighted by Gasteiger charge is 2.11. The molecule has 2 N–H and O–H groups in total. The molecular formula is C9H5ClN2O3. The molecule has 2 aromatic rings.